The van der Waals surface area contributed by atoms with Gasteiger partial charge >= 0.3 is 29.4 Å². The number of fused-ring (bicyclic) bond motifs is 10. The largest absolute Gasteiger partial charge is 0.567 e. The summed E-state index contributed by atoms with van der Waals surface area (Å²) in [4.78, 5) is 62.7. The van der Waals surface area contributed by atoms with E-state index in [0.717, 1.165) is 97.2 Å². The fourth-order valence-electron chi connectivity index (χ4n) is 19.2. The predicted octanol–water partition coefficient (Wildman–Crippen LogP) is 16.2. The smallest absolute Gasteiger partial charge is 0.485 e. The first kappa shape index (κ1) is 87.4. The first-order valence-electron chi connectivity index (χ1n) is 34.0. The number of hydrogen-bond donors (Lipinski definition) is 7. The van der Waals surface area contributed by atoms with E-state index in [0.29, 0.717) is 67.9 Å². The summed E-state index contributed by atoms with van der Waals surface area (Å²) in [6, 6.07) is 0. The molecule has 8 rings (SSSR count). The molecule has 7 N–H and O–H groups in total. The molecule has 541 valence electrons. The van der Waals surface area contributed by atoms with Crippen molar-refractivity contribution in [2.45, 2.75) is 228 Å². The van der Waals surface area contributed by atoms with E-state index < -0.39 is 47.1 Å². The molecule has 26 heteroatoms. The van der Waals surface area contributed by atoms with Gasteiger partial charge < -0.3 is 63.1 Å². The molecule has 0 aliphatic heterocycles. The lowest BCUT2D eigenvalue weighted by molar-refractivity contribution is -0.180. The summed E-state index contributed by atoms with van der Waals surface area (Å²) in [7, 11) is -14.2. The molecule has 0 heterocycles. The molecule has 0 bridgehead atoms. The van der Waals surface area contributed by atoms with Crippen LogP contribution in [0.4, 0.5) is 0 Å². The molecule has 8 aliphatic rings. The van der Waals surface area contributed by atoms with Crippen molar-refractivity contribution >= 4 is 77.5 Å². The minimum Gasteiger partial charge on any atom is -0.567 e. The number of allylic oxidation sites excluding steroid dienone is 2. The summed E-state index contributed by atoms with van der Waals surface area (Å²) in [5.41, 5.74) is 4.91. The highest BCUT2D eigenvalue weighted by Crippen LogP contribution is 2.70. The van der Waals surface area contributed by atoms with Crippen LogP contribution in [-0.4, -0.2) is 132 Å². The van der Waals surface area contributed by atoms with Crippen LogP contribution in [0.15, 0.2) is 23.3 Å². The molecule has 0 aromatic carbocycles. The van der Waals surface area contributed by atoms with E-state index in [1.165, 1.54) is 109 Å². The highest BCUT2D eigenvalue weighted by molar-refractivity contribution is 8.20. The molecule has 0 amide bonds. The molecule has 18 atom stereocenters. The zero-order valence-corrected chi connectivity index (χ0v) is 62.5. The van der Waals surface area contributed by atoms with Crippen LogP contribution in [0.2, 0.25) is 0 Å². The summed E-state index contributed by atoms with van der Waals surface area (Å²) in [5.74, 6) is 7.71. The third kappa shape index (κ3) is 23.9. The van der Waals surface area contributed by atoms with Crippen LogP contribution >= 0.6 is 63.1 Å². The molecule has 2 unspecified atom stereocenters. The van der Waals surface area contributed by atoms with Crippen molar-refractivity contribution in [2.75, 3.05) is 66.1 Å². The average molecular weight is 1460 g/mol. The molecule has 0 aromatic rings. The van der Waals surface area contributed by atoms with E-state index in [1.54, 1.807) is 11.1 Å². The highest BCUT2D eigenvalue weighted by Gasteiger charge is 2.62. The number of carboxylic acids is 1. The van der Waals surface area contributed by atoms with Crippen molar-refractivity contribution in [3.8, 4) is 0 Å². The molecule has 18 nitrogen and oxygen atoms in total. The summed E-state index contributed by atoms with van der Waals surface area (Å²) in [6.07, 6.45) is 34.1. The number of aliphatic hydroxyl groups is 1. The summed E-state index contributed by atoms with van der Waals surface area (Å²) >= 11 is 14.6. The number of aliphatic carboxylic acids is 1. The van der Waals surface area contributed by atoms with E-state index in [1.807, 2.05) is 0 Å². The summed E-state index contributed by atoms with van der Waals surface area (Å²) in [5, 5.41) is 14.9. The molecule has 0 spiro atoms. The van der Waals surface area contributed by atoms with Crippen molar-refractivity contribution in [1.82, 2.24) is 0 Å². The van der Waals surface area contributed by atoms with Gasteiger partial charge in [0.15, 0.2) is 5.98 Å². The Bertz CT molecular complexity index is 2400. The molecule has 0 aromatic heterocycles. The monoisotopic (exact) mass is 1450 g/mol. The van der Waals surface area contributed by atoms with Gasteiger partial charge in [0.25, 0.3) is 5.08 Å². The van der Waals surface area contributed by atoms with Gasteiger partial charge in [-0.1, -0.05) is 146 Å². The van der Waals surface area contributed by atoms with Gasteiger partial charge in [0, 0.05) is 9.84 Å². The Labute approximate surface area is 579 Å². The summed E-state index contributed by atoms with van der Waals surface area (Å²) in [6.45, 7) is 27.5. The number of ether oxygens (including phenoxy) is 6. The zero-order chi connectivity index (χ0) is 67.8. The standard InChI is InChI=1S/C33H60O10P2.C33H54O5.CH4.B.Cl3P.HO3P.H2/c1-23(2)7-6-8-24(3)28-11-12-29-27-10-9-25-21-26(13-15-31(25,4)30(27)14-16-32(28,29)5)43-20-19-41-17-18-42-22-33(34,44(35,36)37)45(38,39)40;1-23(2)7-6-8-24(3)28-11-12-29-27-10-9-25-21-26(38-20-19-36-17-18-37-22-31(34)35)13-15-32(25,4)30(27)14-16-33(28,29)5;;;2*1-4(2)3;/h9,23-24,26-30,34H,6-8,10-22H2,1-5H3,(H2,35,36,37)(H2,38,39,40);9,23-24,26-30H,1,6-8,10-22H2,2-5H3;1H4;;;(H,1,2,3);1H/p+1/t24-,26+,27+,28-,29+,30+,31+,32-;23?,24-,26+,27+,28-,29+,30+,32+,33-;;;;;/m11...../s1. The van der Waals surface area contributed by atoms with Gasteiger partial charge in [0.1, 0.15) is 6.61 Å². The Morgan fingerprint density at radius 2 is 1.03 bits per heavy atom. The molecule has 0 saturated heterocycles. The first-order valence-corrected chi connectivity index (χ1v) is 42.4. The maximum atomic E-state index is 11.4. The van der Waals surface area contributed by atoms with Gasteiger partial charge in [-0.3, -0.25) is 9.13 Å². The number of halogens is 3. The van der Waals surface area contributed by atoms with Gasteiger partial charge in [-0.15, -0.1) is 0 Å². The molecule has 8 aliphatic carbocycles. The van der Waals surface area contributed by atoms with E-state index in [9.17, 15) is 19.0 Å². The Kier molecular flexibility index (Phi) is 37.2. The third-order valence-corrected chi connectivity index (χ3v) is 27.5. The molecule has 3 radical (unpaired) electrons. The van der Waals surface area contributed by atoms with Crippen LogP contribution in [0.3, 0.4) is 0 Å². The van der Waals surface area contributed by atoms with Crippen molar-refractivity contribution in [1.29, 1.82) is 0 Å². The van der Waals surface area contributed by atoms with Crippen molar-refractivity contribution in [2.24, 2.45) is 92.7 Å². The van der Waals surface area contributed by atoms with Crippen LogP contribution in [0.5, 0.6) is 0 Å². The van der Waals surface area contributed by atoms with Crippen molar-refractivity contribution in [3.05, 3.63) is 30.2 Å². The fourth-order valence-corrected chi connectivity index (χ4v) is 21.1. The van der Waals surface area contributed by atoms with Crippen LogP contribution in [-0.2, 0) is 46.9 Å². The molecular formula is C67H122BCl3O18P4+. The fraction of sp³-hybridized carbons (Fsp3) is 0.910. The normalized spacial score (nSPS) is 33.2. The highest BCUT2D eigenvalue weighted by atomic mass is 36.0. The predicted molar refractivity (Wildman–Crippen MR) is 374 cm³/mol. The van der Waals surface area contributed by atoms with Crippen LogP contribution in [0.25, 0.3) is 0 Å². The van der Waals surface area contributed by atoms with Crippen LogP contribution in [0, 0.1) is 99.6 Å². The van der Waals surface area contributed by atoms with Gasteiger partial charge in [-0.2, -0.15) is 4.89 Å². The molecule has 6 saturated carbocycles. The van der Waals surface area contributed by atoms with Gasteiger partial charge in [0.05, 0.1) is 84.5 Å². The zero-order valence-electron chi connectivity index (χ0n) is 56.7. The SMILES string of the molecule is C.CC(C)CCC[C@@H](C)[C@H]1CC[C@H]2[C@@H]3CC=C4C[C@@H](OCCOCCOCC(O)(P(=O)(O)O)P(=O)(O)O)CC[C@]4(C)[C@H]3CC[C@]12C.ClP(Cl)Cl.O=[P+]([O-])O.[B].[CH2+]C(C)CCC[C@@H](C)[C@H]1CC[C@H]2[C@@H]3CC=C4C[C@@H](OCCOCCOCC(=O)O)CC[C@]4(C)[C@H]3CC[C@]12C.[HH]. The lowest BCUT2D eigenvalue weighted by atomic mass is 9.47. The lowest BCUT2D eigenvalue weighted by Crippen LogP contribution is -2.51. The second-order valence-corrected chi connectivity index (χ2v) is 39.2. The number of rotatable bonds is 30. The Morgan fingerprint density at radius 3 is 1.41 bits per heavy atom. The topological polar surface area (TPSA) is 288 Å². The second-order valence-electron chi connectivity index (χ2n) is 29.8. The minimum atomic E-state index is -5.53. The first-order chi connectivity index (χ1) is 42.5. The molecule has 93 heavy (non-hydrogen) atoms. The van der Waals surface area contributed by atoms with Gasteiger partial charge in [0.2, 0.25) is 0 Å². The van der Waals surface area contributed by atoms with Crippen LogP contribution in [0.1, 0.15) is 212 Å². The number of carboxylic acid groups (broad SMARTS) is 1. The third-order valence-electron chi connectivity index (χ3n) is 23.8. The second kappa shape index (κ2) is 39.6. The van der Waals surface area contributed by atoms with Crippen molar-refractivity contribution in [3.63, 3.8) is 0 Å². The number of carbonyl (C=O) groups is 1. The van der Waals surface area contributed by atoms with Gasteiger partial charge in [-0.25, -0.2) is 4.79 Å². The maximum absolute atomic E-state index is 11.4. The molecular weight excluding hydrogens is 1330 g/mol. The number of hydrogen-bond acceptors (Lipinski definition) is 12. The van der Waals surface area contributed by atoms with Gasteiger partial charge in [-0.05, 0) is 214 Å². The lowest BCUT2D eigenvalue weighted by Gasteiger charge is -2.58. The van der Waals surface area contributed by atoms with Crippen molar-refractivity contribution < 1.29 is 87.9 Å². The Balaban J connectivity index is 0.000000563. The van der Waals surface area contributed by atoms with Crippen LogP contribution < -0.4 is 4.89 Å². The van der Waals surface area contributed by atoms with E-state index in [2.05, 4.69) is 81.4 Å². The molecule has 6 fully saturated rings. The Morgan fingerprint density at radius 1 is 0.656 bits per heavy atom. The Hall–Kier alpha value is 0.225. The quantitative estimate of drug-likeness (QED) is 0.0116. The van der Waals surface area contributed by atoms with E-state index in [4.69, 9.17) is 101 Å². The van der Waals surface area contributed by atoms with E-state index in [-0.39, 0.29) is 48.6 Å². The minimum absolute atomic E-state index is 0. The maximum Gasteiger partial charge on any atom is 0.485 e. The van der Waals surface area contributed by atoms with E-state index >= 15 is 0 Å². The average Bonchev–Trinajstić information content (AvgIpc) is 1.37. The summed E-state index contributed by atoms with van der Waals surface area (Å²) < 4.78 is 64.7.